The maximum absolute atomic E-state index is 12.8. The van der Waals surface area contributed by atoms with Crippen LogP contribution in [-0.2, 0) is 14.4 Å². The number of carbonyl (C=O) groups is 4. The zero-order valence-electron chi connectivity index (χ0n) is 14.8. The van der Waals surface area contributed by atoms with E-state index in [1.54, 1.807) is 36.4 Å². The predicted octanol–water partition coefficient (Wildman–Crippen LogP) is 2.12. The number of nitrogens with one attached hydrogen (secondary N) is 1. The standard InChI is InChI=1S/C20H16N2O6/c1-12-2-6-14(7-3-12)22-19(26)16(18(25)21-20(22)27)10-13-4-8-15(9-5-13)28-11-17(23)24/h2-10H,11H2,1H3,(H,23,24)(H,21,25,27). The minimum Gasteiger partial charge on any atom is -0.482 e. The van der Waals surface area contributed by atoms with Crippen LogP contribution < -0.4 is 15.0 Å². The summed E-state index contributed by atoms with van der Waals surface area (Å²) in [7, 11) is 0. The predicted molar refractivity (Wildman–Crippen MR) is 99.8 cm³/mol. The summed E-state index contributed by atoms with van der Waals surface area (Å²) in [5, 5.41) is 10.8. The first-order chi connectivity index (χ1) is 13.3. The molecule has 3 rings (SSSR count). The number of urea groups is 1. The zero-order valence-corrected chi connectivity index (χ0v) is 14.8. The van der Waals surface area contributed by atoms with Crippen molar-refractivity contribution in [3.63, 3.8) is 0 Å². The monoisotopic (exact) mass is 380 g/mol. The Morgan fingerprint density at radius 1 is 1.07 bits per heavy atom. The van der Waals surface area contributed by atoms with Crippen LogP contribution in [-0.4, -0.2) is 35.5 Å². The van der Waals surface area contributed by atoms with Crippen molar-refractivity contribution in [1.29, 1.82) is 0 Å². The smallest absolute Gasteiger partial charge is 0.341 e. The molecule has 8 nitrogen and oxygen atoms in total. The topological polar surface area (TPSA) is 113 Å². The number of hydrogen-bond acceptors (Lipinski definition) is 5. The molecule has 2 aromatic rings. The molecule has 8 heteroatoms. The van der Waals surface area contributed by atoms with Crippen molar-refractivity contribution in [2.75, 3.05) is 11.5 Å². The van der Waals surface area contributed by atoms with E-state index in [4.69, 9.17) is 9.84 Å². The van der Waals surface area contributed by atoms with E-state index in [0.29, 0.717) is 17.0 Å². The van der Waals surface area contributed by atoms with Gasteiger partial charge in [-0.2, -0.15) is 0 Å². The van der Waals surface area contributed by atoms with Crippen molar-refractivity contribution in [1.82, 2.24) is 5.32 Å². The highest BCUT2D eigenvalue weighted by Gasteiger charge is 2.36. The molecule has 0 spiro atoms. The maximum Gasteiger partial charge on any atom is 0.341 e. The number of hydrogen-bond donors (Lipinski definition) is 2. The molecule has 0 unspecified atom stereocenters. The fourth-order valence-corrected chi connectivity index (χ4v) is 2.56. The lowest BCUT2D eigenvalue weighted by Gasteiger charge is -2.26. The highest BCUT2D eigenvalue weighted by molar-refractivity contribution is 6.39. The number of amides is 4. The quantitative estimate of drug-likeness (QED) is 0.607. The van der Waals surface area contributed by atoms with Gasteiger partial charge in [-0.3, -0.25) is 14.9 Å². The average Bonchev–Trinajstić information content (AvgIpc) is 2.66. The number of aliphatic carboxylic acids is 1. The first-order valence-electron chi connectivity index (χ1n) is 8.28. The van der Waals surface area contributed by atoms with Crippen LogP contribution in [0.3, 0.4) is 0 Å². The van der Waals surface area contributed by atoms with Gasteiger partial charge in [0.25, 0.3) is 11.8 Å². The van der Waals surface area contributed by atoms with Gasteiger partial charge < -0.3 is 9.84 Å². The molecule has 0 aromatic heterocycles. The van der Waals surface area contributed by atoms with Crippen molar-refractivity contribution in [2.24, 2.45) is 0 Å². The fraction of sp³-hybridized carbons (Fsp3) is 0.100. The lowest BCUT2D eigenvalue weighted by Crippen LogP contribution is -2.54. The van der Waals surface area contributed by atoms with E-state index in [-0.39, 0.29) is 5.57 Å². The third kappa shape index (κ3) is 4.07. The third-order valence-corrected chi connectivity index (χ3v) is 3.95. The molecule has 2 aromatic carbocycles. The highest BCUT2D eigenvalue weighted by atomic mass is 16.5. The number of nitrogens with zero attached hydrogens (tertiary/aromatic N) is 1. The lowest BCUT2D eigenvalue weighted by molar-refractivity contribution is -0.139. The Labute approximate surface area is 160 Å². The number of barbiturate groups is 1. The van der Waals surface area contributed by atoms with E-state index in [1.807, 2.05) is 6.92 Å². The van der Waals surface area contributed by atoms with Crippen molar-refractivity contribution in [3.05, 3.63) is 65.2 Å². The largest absolute Gasteiger partial charge is 0.482 e. The molecule has 0 atom stereocenters. The van der Waals surface area contributed by atoms with Gasteiger partial charge in [0.1, 0.15) is 11.3 Å². The molecule has 0 radical (unpaired) electrons. The second-order valence-corrected chi connectivity index (χ2v) is 6.04. The molecule has 1 saturated heterocycles. The van der Waals surface area contributed by atoms with Crippen molar-refractivity contribution < 1.29 is 29.0 Å². The van der Waals surface area contributed by atoms with Crippen LogP contribution in [0.4, 0.5) is 10.5 Å². The van der Waals surface area contributed by atoms with E-state index in [1.165, 1.54) is 18.2 Å². The maximum atomic E-state index is 12.8. The Bertz CT molecular complexity index is 977. The molecule has 1 aliphatic rings. The number of rotatable bonds is 5. The Balaban J connectivity index is 1.86. The average molecular weight is 380 g/mol. The molecule has 0 saturated carbocycles. The van der Waals surface area contributed by atoms with E-state index in [2.05, 4.69) is 5.32 Å². The summed E-state index contributed by atoms with van der Waals surface area (Å²) in [5.41, 5.74) is 1.63. The fourth-order valence-electron chi connectivity index (χ4n) is 2.56. The number of anilines is 1. The Morgan fingerprint density at radius 3 is 2.32 bits per heavy atom. The molecule has 28 heavy (non-hydrogen) atoms. The van der Waals surface area contributed by atoms with Gasteiger partial charge in [-0.1, -0.05) is 29.8 Å². The summed E-state index contributed by atoms with van der Waals surface area (Å²) in [6, 6.07) is 12.1. The normalized spacial score (nSPS) is 15.5. The van der Waals surface area contributed by atoms with E-state index in [9.17, 15) is 19.2 Å². The van der Waals surface area contributed by atoms with Crippen molar-refractivity contribution in [3.8, 4) is 5.75 Å². The van der Waals surface area contributed by atoms with Crippen LogP contribution in [0.2, 0.25) is 0 Å². The van der Waals surface area contributed by atoms with Crippen LogP contribution in [0, 0.1) is 6.92 Å². The van der Waals surface area contributed by atoms with E-state index < -0.39 is 30.4 Å². The second kappa shape index (κ2) is 7.75. The lowest BCUT2D eigenvalue weighted by atomic mass is 10.1. The van der Waals surface area contributed by atoms with E-state index in [0.717, 1.165) is 10.5 Å². The van der Waals surface area contributed by atoms with Crippen LogP contribution in [0.25, 0.3) is 6.08 Å². The number of ether oxygens (including phenoxy) is 1. The summed E-state index contributed by atoms with van der Waals surface area (Å²) in [4.78, 5) is 48.5. The molecule has 4 amide bonds. The Morgan fingerprint density at radius 2 is 1.71 bits per heavy atom. The molecular weight excluding hydrogens is 364 g/mol. The van der Waals surface area contributed by atoms with Crippen molar-refractivity contribution in [2.45, 2.75) is 6.92 Å². The van der Waals surface area contributed by atoms with Crippen molar-refractivity contribution >= 4 is 35.6 Å². The molecule has 1 aliphatic heterocycles. The Kier molecular flexibility index (Phi) is 5.21. The molecule has 1 heterocycles. The molecule has 0 bridgehead atoms. The third-order valence-electron chi connectivity index (χ3n) is 3.95. The van der Waals surface area contributed by atoms with Gasteiger partial charge in [0.2, 0.25) is 0 Å². The van der Waals surface area contributed by atoms with Gasteiger partial charge in [0, 0.05) is 0 Å². The van der Waals surface area contributed by atoms with Crippen LogP contribution in [0.1, 0.15) is 11.1 Å². The zero-order chi connectivity index (χ0) is 20.3. The number of carboxylic acid groups (broad SMARTS) is 1. The summed E-state index contributed by atoms with van der Waals surface area (Å²) in [6.07, 6.45) is 1.35. The number of imide groups is 2. The SMILES string of the molecule is Cc1ccc(N2C(=O)NC(=O)C(=Cc3ccc(OCC(=O)O)cc3)C2=O)cc1. The van der Waals surface area contributed by atoms with Gasteiger partial charge in [-0.05, 0) is 42.8 Å². The number of carboxylic acids is 1. The molecule has 1 fully saturated rings. The number of carbonyl (C=O) groups excluding carboxylic acids is 3. The van der Waals surface area contributed by atoms with Crippen LogP contribution >= 0.6 is 0 Å². The van der Waals surface area contributed by atoms with Gasteiger partial charge >= 0.3 is 12.0 Å². The Hall–Kier alpha value is -3.94. The van der Waals surface area contributed by atoms with E-state index >= 15 is 0 Å². The second-order valence-electron chi connectivity index (χ2n) is 6.04. The van der Waals surface area contributed by atoms with Gasteiger partial charge in [0.15, 0.2) is 6.61 Å². The minimum atomic E-state index is -1.10. The number of aryl methyl sites for hydroxylation is 1. The molecule has 142 valence electrons. The summed E-state index contributed by atoms with van der Waals surface area (Å²) < 4.78 is 5.03. The van der Waals surface area contributed by atoms with Crippen LogP contribution in [0.15, 0.2) is 54.1 Å². The van der Waals surface area contributed by atoms with Gasteiger partial charge in [-0.25, -0.2) is 14.5 Å². The summed E-state index contributed by atoms with van der Waals surface area (Å²) >= 11 is 0. The molecule has 0 aliphatic carbocycles. The summed E-state index contributed by atoms with van der Waals surface area (Å²) in [6.45, 7) is 1.40. The van der Waals surface area contributed by atoms with Crippen LogP contribution in [0.5, 0.6) is 5.75 Å². The molecule has 2 N–H and O–H groups in total. The van der Waals surface area contributed by atoms with Gasteiger partial charge in [0.05, 0.1) is 5.69 Å². The highest BCUT2D eigenvalue weighted by Crippen LogP contribution is 2.23. The van der Waals surface area contributed by atoms with Gasteiger partial charge in [-0.15, -0.1) is 0 Å². The molecular formula is C20H16N2O6. The first-order valence-corrected chi connectivity index (χ1v) is 8.28. The number of benzene rings is 2. The minimum absolute atomic E-state index is 0.195. The first kappa shape index (κ1) is 18.8. The summed E-state index contributed by atoms with van der Waals surface area (Å²) in [5.74, 6) is -2.29.